The summed E-state index contributed by atoms with van der Waals surface area (Å²) in [6, 6.07) is 9.49. The predicted octanol–water partition coefficient (Wildman–Crippen LogP) is 3.31. The van der Waals surface area contributed by atoms with Gasteiger partial charge in [0.2, 0.25) is 0 Å². The van der Waals surface area contributed by atoms with Crippen molar-refractivity contribution in [1.82, 2.24) is 0 Å². The average molecular weight is 302 g/mol. The molecule has 0 radical (unpaired) electrons. The van der Waals surface area contributed by atoms with Crippen LogP contribution in [0.3, 0.4) is 0 Å². The maximum atomic E-state index is 13.3. The number of methoxy groups -OCH3 is 1. The fourth-order valence-electron chi connectivity index (χ4n) is 2.88. The third-order valence-electron chi connectivity index (χ3n) is 3.92. The lowest BCUT2D eigenvalue weighted by atomic mass is 9.98. The van der Waals surface area contributed by atoms with Gasteiger partial charge in [0.05, 0.1) is 18.1 Å². The third kappa shape index (κ3) is 2.47. The smallest absolute Gasteiger partial charge is 0.295 e. The van der Waals surface area contributed by atoms with E-state index >= 15 is 0 Å². The van der Waals surface area contributed by atoms with Crippen LogP contribution in [0.25, 0.3) is 0 Å². The van der Waals surface area contributed by atoms with Crippen LogP contribution in [-0.4, -0.2) is 18.6 Å². The van der Waals surface area contributed by atoms with E-state index < -0.39 is 10.7 Å². The maximum Gasteiger partial charge on any atom is 0.295 e. The molecule has 0 amide bonds. The van der Waals surface area contributed by atoms with Crippen LogP contribution in [0, 0.1) is 15.9 Å². The zero-order valence-corrected chi connectivity index (χ0v) is 12.1. The van der Waals surface area contributed by atoms with E-state index in [1.807, 2.05) is 23.1 Å². The second kappa shape index (κ2) is 5.63. The molecule has 0 aliphatic carbocycles. The molecule has 2 aromatic carbocycles. The number of nitro groups is 1. The van der Waals surface area contributed by atoms with Gasteiger partial charge in [-0.3, -0.25) is 10.1 Å². The summed E-state index contributed by atoms with van der Waals surface area (Å²) in [5.41, 5.74) is 2.45. The Bertz CT molecular complexity index is 733. The quantitative estimate of drug-likeness (QED) is 0.645. The number of ether oxygens (including phenoxy) is 1. The molecule has 114 valence electrons. The monoisotopic (exact) mass is 302 g/mol. The van der Waals surface area contributed by atoms with Gasteiger partial charge in [0.1, 0.15) is 17.3 Å². The molecule has 0 aromatic heterocycles. The number of nitrogens with zero attached hydrogens (tertiary/aromatic N) is 2. The Morgan fingerprint density at radius 1 is 1.32 bits per heavy atom. The van der Waals surface area contributed by atoms with Gasteiger partial charge in [0.25, 0.3) is 5.69 Å². The van der Waals surface area contributed by atoms with E-state index in [0.29, 0.717) is 18.8 Å². The maximum absolute atomic E-state index is 13.3. The van der Waals surface area contributed by atoms with Crippen molar-refractivity contribution in [2.45, 2.75) is 13.0 Å². The van der Waals surface area contributed by atoms with Crippen molar-refractivity contribution >= 4 is 11.4 Å². The summed E-state index contributed by atoms with van der Waals surface area (Å²) in [7, 11) is 1.63. The average Bonchev–Trinajstić information content (AvgIpc) is 2.53. The number of nitro benzene ring substituents is 1. The summed E-state index contributed by atoms with van der Waals surface area (Å²) < 4.78 is 18.6. The third-order valence-corrected chi connectivity index (χ3v) is 3.92. The summed E-state index contributed by atoms with van der Waals surface area (Å²) in [4.78, 5) is 12.5. The van der Waals surface area contributed by atoms with Crippen LogP contribution >= 0.6 is 0 Å². The highest BCUT2D eigenvalue weighted by atomic mass is 19.1. The van der Waals surface area contributed by atoms with Crippen molar-refractivity contribution in [3.8, 4) is 5.75 Å². The minimum absolute atomic E-state index is 0.202. The summed E-state index contributed by atoms with van der Waals surface area (Å²) in [6.45, 7) is 1.17. The van der Waals surface area contributed by atoms with Crippen LogP contribution in [0.15, 0.2) is 36.4 Å². The Kier molecular flexibility index (Phi) is 3.66. The molecule has 5 nitrogen and oxygen atoms in total. The highest BCUT2D eigenvalue weighted by Gasteiger charge is 2.25. The summed E-state index contributed by atoms with van der Waals surface area (Å²) in [5, 5.41) is 11.2. The Balaban J connectivity index is 1.97. The van der Waals surface area contributed by atoms with Gasteiger partial charge < -0.3 is 9.64 Å². The predicted molar refractivity (Wildman–Crippen MR) is 80.8 cm³/mol. The van der Waals surface area contributed by atoms with Gasteiger partial charge in [0, 0.05) is 18.7 Å². The summed E-state index contributed by atoms with van der Waals surface area (Å²) in [6.07, 6.45) is 0.730. The molecule has 1 aliphatic rings. The molecule has 6 heteroatoms. The van der Waals surface area contributed by atoms with E-state index in [-0.39, 0.29) is 5.69 Å². The van der Waals surface area contributed by atoms with Gasteiger partial charge in [-0.1, -0.05) is 12.1 Å². The van der Waals surface area contributed by atoms with Gasteiger partial charge >= 0.3 is 0 Å². The molecule has 0 saturated heterocycles. The number of hydrogen-bond donors (Lipinski definition) is 0. The molecule has 22 heavy (non-hydrogen) atoms. The van der Waals surface area contributed by atoms with Crippen LogP contribution in [0.2, 0.25) is 0 Å². The number of fused-ring (bicyclic) bond motifs is 1. The first kappa shape index (κ1) is 14.3. The molecule has 0 bridgehead atoms. The molecular weight excluding hydrogens is 287 g/mol. The molecule has 2 aromatic rings. The Morgan fingerprint density at radius 3 is 2.86 bits per heavy atom. The first-order valence-electron chi connectivity index (χ1n) is 6.94. The van der Waals surface area contributed by atoms with E-state index in [2.05, 4.69) is 0 Å². The van der Waals surface area contributed by atoms with Gasteiger partial charge in [-0.15, -0.1) is 0 Å². The molecule has 0 saturated carbocycles. The number of anilines is 1. The van der Waals surface area contributed by atoms with Gasteiger partial charge in [-0.2, -0.15) is 0 Å². The van der Waals surface area contributed by atoms with Crippen molar-refractivity contribution < 1.29 is 14.1 Å². The van der Waals surface area contributed by atoms with Crippen LogP contribution in [0.5, 0.6) is 5.75 Å². The van der Waals surface area contributed by atoms with E-state index in [1.54, 1.807) is 7.11 Å². The highest BCUT2D eigenvalue weighted by Crippen LogP contribution is 2.34. The highest BCUT2D eigenvalue weighted by molar-refractivity contribution is 5.64. The molecule has 0 fully saturated rings. The molecule has 1 heterocycles. The fourth-order valence-corrected chi connectivity index (χ4v) is 2.88. The minimum Gasteiger partial charge on any atom is -0.496 e. The topological polar surface area (TPSA) is 55.6 Å². The van der Waals surface area contributed by atoms with Gasteiger partial charge in [0.15, 0.2) is 0 Å². The second-order valence-electron chi connectivity index (χ2n) is 5.16. The molecule has 0 N–H and O–H groups in total. The molecule has 0 unspecified atom stereocenters. The van der Waals surface area contributed by atoms with Crippen molar-refractivity contribution in [1.29, 1.82) is 0 Å². The van der Waals surface area contributed by atoms with Gasteiger partial charge in [-0.25, -0.2) is 4.39 Å². The summed E-state index contributed by atoms with van der Waals surface area (Å²) >= 11 is 0. The van der Waals surface area contributed by atoms with Gasteiger partial charge in [-0.05, 0) is 30.2 Å². The van der Waals surface area contributed by atoms with Crippen LogP contribution < -0.4 is 9.64 Å². The van der Waals surface area contributed by atoms with E-state index in [9.17, 15) is 14.5 Å². The number of halogens is 1. The Labute approximate surface area is 127 Å². The molecule has 0 atom stereocenters. The lowest BCUT2D eigenvalue weighted by Gasteiger charge is -2.31. The fraction of sp³-hybridized carbons (Fsp3) is 0.250. The molecule has 0 spiro atoms. The van der Waals surface area contributed by atoms with E-state index in [0.717, 1.165) is 29.4 Å². The molecule has 1 aliphatic heterocycles. The molecule has 3 rings (SSSR count). The lowest BCUT2D eigenvalue weighted by molar-refractivity contribution is -0.384. The summed E-state index contributed by atoms with van der Waals surface area (Å²) in [5.74, 6) is 0.236. The van der Waals surface area contributed by atoms with E-state index in [4.69, 9.17) is 4.74 Å². The van der Waals surface area contributed by atoms with Crippen molar-refractivity contribution in [2.24, 2.45) is 0 Å². The largest absolute Gasteiger partial charge is 0.496 e. The van der Waals surface area contributed by atoms with Crippen LogP contribution in [0.1, 0.15) is 11.1 Å². The number of benzene rings is 2. The van der Waals surface area contributed by atoms with Crippen LogP contribution in [-0.2, 0) is 13.0 Å². The zero-order chi connectivity index (χ0) is 15.7. The normalized spacial score (nSPS) is 13.6. The lowest BCUT2D eigenvalue weighted by Crippen LogP contribution is -2.31. The van der Waals surface area contributed by atoms with Crippen molar-refractivity contribution in [2.75, 3.05) is 18.6 Å². The Morgan fingerprint density at radius 2 is 2.14 bits per heavy atom. The van der Waals surface area contributed by atoms with E-state index in [1.165, 1.54) is 12.1 Å². The minimum atomic E-state index is -0.602. The molecular formula is C16H15FN2O3. The Hall–Kier alpha value is -2.63. The standard InChI is InChI=1S/C16H15FN2O3/c1-22-16-4-2-3-11-10-18(8-7-13(11)16)14-6-5-12(17)9-15(14)19(20)21/h2-6,9H,7-8,10H2,1H3. The van der Waals surface area contributed by atoms with Crippen LogP contribution in [0.4, 0.5) is 15.8 Å². The van der Waals surface area contributed by atoms with Crippen molar-refractivity contribution in [3.05, 3.63) is 63.5 Å². The zero-order valence-electron chi connectivity index (χ0n) is 12.1. The SMILES string of the molecule is COc1cccc2c1CCN(c1ccc(F)cc1[N+](=O)[O-])C2. The first-order valence-corrected chi connectivity index (χ1v) is 6.94. The number of hydrogen-bond acceptors (Lipinski definition) is 4. The van der Waals surface area contributed by atoms with Crippen molar-refractivity contribution in [3.63, 3.8) is 0 Å². The second-order valence-corrected chi connectivity index (χ2v) is 5.16. The first-order chi connectivity index (χ1) is 10.6. The number of rotatable bonds is 3.